The first-order valence-electron chi connectivity index (χ1n) is 10.0. The van der Waals surface area contributed by atoms with Crippen molar-refractivity contribution in [3.63, 3.8) is 0 Å². The van der Waals surface area contributed by atoms with Crippen LogP contribution in [-0.4, -0.2) is 34.2 Å². The molecular formula is C24H21FN4O. The molecule has 6 heteroatoms. The van der Waals surface area contributed by atoms with Gasteiger partial charge in [-0.15, -0.1) is 0 Å². The molecule has 2 heterocycles. The maximum atomic E-state index is 13.7. The largest absolute Gasteiger partial charge is 0.507 e. The number of benzene rings is 3. The molecule has 5 nitrogen and oxygen atoms in total. The van der Waals surface area contributed by atoms with Gasteiger partial charge < -0.3 is 15.7 Å². The van der Waals surface area contributed by atoms with Gasteiger partial charge in [0.15, 0.2) is 5.82 Å². The monoisotopic (exact) mass is 400 g/mol. The lowest BCUT2D eigenvalue weighted by molar-refractivity contribution is 0.477. The number of para-hydroxylation sites is 1. The fraction of sp³-hybridized carbons (Fsp3) is 0.167. The topological polar surface area (TPSA) is 70.1 Å². The van der Waals surface area contributed by atoms with E-state index in [-0.39, 0.29) is 11.6 Å². The second-order valence-electron chi connectivity index (χ2n) is 7.49. The molecule has 1 fully saturated rings. The van der Waals surface area contributed by atoms with Crippen molar-refractivity contribution in [2.24, 2.45) is 0 Å². The zero-order valence-electron chi connectivity index (χ0n) is 16.3. The minimum atomic E-state index is -0.305. The number of aromatic hydroxyl groups is 1. The second kappa shape index (κ2) is 7.72. The molecule has 1 aliphatic heterocycles. The summed E-state index contributed by atoms with van der Waals surface area (Å²) in [6.45, 7) is 1.86. The van der Waals surface area contributed by atoms with Gasteiger partial charge in [-0.2, -0.15) is 0 Å². The van der Waals surface area contributed by atoms with E-state index in [9.17, 15) is 9.50 Å². The van der Waals surface area contributed by atoms with Crippen LogP contribution in [0.5, 0.6) is 5.75 Å². The molecule has 1 atom stereocenters. The van der Waals surface area contributed by atoms with Crippen molar-refractivity contribution in [2.75, 3.05) is 18.4 Å². The van der Waals surface area contributed by atoms with Gasteiger partial charge in [0.25, 0.3) is 0 Å². The number of anilines is 1. The van der Waals surface area contributed by atoms with E-state index in [2.05, 4.69) is 10.6 Å². The van der Waals surface area contributed by atoms with Crippen LogP contribution in [0.2, 0.25) is 0 Å². The third-order valence-corrected chi connectivity index (χ3v) is 5.40. The van der Waals surface area contributed by atoms with E-state index < -0.39 is 0 Å². The minimum Gasteiger partial charge on any atom is -0.507 e. The van der Waals surface area contributed by atoms with Gasteiger partial charge in [0.1, 0.15) is 17.4 Å². The zero-order chi connectivity index (χ0) is 20.5. The van der Waals surface area contributed by atoms with Crippen LogP contribution in [0.4, 0.5) is 10.2 Å². The fourth-order valence-electron chi connectivity index (χ4n) is 3.84. The Morgan fingerprint density at radius 2 is 1.83 bits per heavy atom. The van der Waals surface area contributed by atoms with E-state index in [1.165, 1.54) is 12.1 Å². The molecule has 0 radical (unpaired) electrons. The number of nitrogens with one attached hydrogen (secondary N) is 2. The average molecular weight is 400 g/mol. The standard InChI is InChI=1S/C24H21FN4O/c25-17-5-3-4-15(12-17)16-8-9-22(30)20(13-16)24-28-21-7-2-1-6-19(21)23(29-24)27-18-10-11-26-14-18/h1-9,12-13,18,26,30H,10-11,14H2,(H,27,28,29)/t18-/m0/s1. The molecule has 0 amide bonds. The van der Waals surface area contributed by atoms with Crippen LogP contribution in [0.3, 0.4) is 0 Å². The van der Waals surface area contributed by atoms with E-state index in [1.807, 2.05) is 30.3 Å². The number of hydrogen-bond acceptors (Lipinski definition) is 5. The Bertz CT molecular complexity index is 1220. The highest BCUT2D eigenvalue weighted by Crippen LogP contribution is 2.34. The summed E-state index contributed by atoms with van der Waals surface area (Å²) in [7, 11) is 0. The first-order valence-corrected chi connectivity index (χ1v) is 10.0. The highest BCUT2D eigenvalue weighted by Gasteiger charge is 2.18. The number of phenols is 1. The van der Waals surface area contributed by atoms with E-state index in [1.54, 1.807) is 24.3 Å². The quantitative estimate of drug-likeness (QED) is 0.468. The summed E-state index contributed by atoms with van der Waals surface area (Å²) in [6.07, 6.45) is 1.02. The lowest BCUT2D eigenvalue weighted by atomic mass is 10.0. The molecular weight excluding hydrogens is 379 g/mol. The molecule has 1 aromatic heterocycles. The molecule has 1 saturated heterocycles. The highest BCUT2D eigenvalue weighted by atomic mass is 19.1. The number of aromatic nitrogens is 2. The third-order valence-electron chi connectivity index (χ3n) is 5.40. The Labute approximate surface area is 173 Å². The lowest BCUT2D eigenvalue weighted by Crippen LogP contribution is -2.23. The van der Waals surface area contributed by atoms with Gasteiger partial charge in [0.2, 0.25) is 0 Å². The Balaban J connectivity index is 1.63. The van der Waals surface area contributed by atoms with Crippen molar-refractivity contribution in [1.29, 1.82) is 0 Å². The SMILES string of the molecule is Oc1ccc(-c2cccc(F)c2)cc1-c1nc(N[C@H]2CCNC2)c2ccccc2n1. The third kappa shape index (κ3) is 3.57. The van der Waals surface area contributed by atoms with E-state index in [4.69, 9.17) is 9.97 Å². The van der Waals surface area contributed by atoms with Crippen LogP contribution in [0.15, 0.2) is 66.7 Å². The van der Waals surface area contributed by atoms with Crippen LogP contribution >= 0.6 is 0 Å². The second-order valence-corrected chi connectivity index (χ2v) is 7.49. The number of phenolic OH excluding ortho intramolecular Hbond substituents is 1. The predicted octanol–water partition coefficient (Wildman–Crippen LogP) is 4.58. The van der Waals surface area contributed by atoms with Crippen LogP contribution in [-0.2, 0) is 0 Å². The van der Waals surface area contributed by atoms with Crippen molar-refractivity contribution in [1.82, 2.24) is 15.3 Å². The summed E-state index contributed by atoms with van der Waals surface area (Å²) >= 11 is 0. The molecule has 0 saturated carbocycles. The molecule has 0 bridgehead atoms. The van der Waals surface area contributed by atoms with Crippen molar-refractivity contribution in [3.05, 3.63) is 72.5 Å². The number of rotatable bonds is 4. The molecule has 5 rings (SSSR count). The molecule has 0 spiro atoms. The van der Waals surface area contributed by atoms with Crippen LogP contribution in [0.1, 0.15) is 6.42 Å². The Morgan fingerprint density at radius 1 is 0.967 bits per heavy atom. The van der Waals surface area contributed by atoms with Gasteiger partial charge >= 0.3 is 0 Å². The van der Waals surface area contributed by atoms with Crippen molar-refractivity contribution >= 4 is 16.7 Å². The van der Waals surface area contributed by atoms with E-state index in [0.29, 0.717) is 17.4 Å². The summed E-state index contributed by atoms with van der Waals surface area (Å²) in [5, 5.41) is 18.4. The van der Waals surface area contributed by atoms with Crippen LogP contribution in [0.25, 0.3) is 33.4 Å². The summed E-state index contributed by atoms with van der Waals surface area (Å²) in [4.78, 5) is 9.46. The summed E-state index contributed by atoms with van der Waals surface area (Å²) in [6, 6.07) is 19.7. The van der Waals surface area contributed by atoms with Gasteiger partial charge in [-0.1, -0.05) is 30.3 Å². The number of fused-ring (bicyclic) bond motifs is 1. The van der Waals surface area contributed by atoms with Gasteiger partial charge in [-0.3, -0.25) is 0 Å². The maximum Gasteiger partial charge on any atom is 0.165 e. The van der Waals surface area contributed by atoms with E-state index in [0.717, 1.165) is 47.4 Å². The molecule has 1 aliphatic rings. The predicted molar refractivity (Wildman–Crippen MR) is 117 cm³/mol. The molecule has 30 heavy (non-hydrogen) atoms. The van der Waals surface area contributed by atoms with Crippen molar-refractivity contribution in [3.8, 4) is 28.3 Å². The van der Waals surface area contributed by atoms with Crippen LogP contribution < -0.4 is 10.6 Å². The molecule has 0 unspecified atom stereocenters. The van der Waals surface area contributed by atoms with Gasteiger partial charge in [0.05, 0.1) is 11.1 Å². The molecule has 3 aromatic carbocycles. The molecule has 150 valence electrons. The summed E-state index contributed by atoms with van der Waals surface area (Å²) in [5.74, 6) is 0.956. The number of nitrogens with zero attached hydrogens (tertiary/aromatic N) is 2. The van der Waals surface area contributed by atoms with Crippen molar-refractivity contribution in [2.45, 2.75) is 12.5 Å². The summed E-state index contributed by atoms with van der Waals surface area (Å²) < 4.78 is 13.7. The lowest BCUT2D eigenvalue weighted by Gasteiger charge is -2.16. The van der Waals surface area contributed by atoms with Gasteiger partial charge in [-0.05, 0) is 60.5 Å². The van der Waals surface area contributed by atoms with Crippen molar-refractivity contribution < 1.29 is 9.50 Å². The van der Waals surface area contributed by atoms with Crippen LogP contribution in [0, 0.1) is 5.82 Å². The number of hydrogen-bond donors (Lipinski definition) is 3. The van der Waals surface area contributed by atoms with Gasteiger partial charge in [-0.25, -0.2) is 14.4 Å². The molecule has 0 aliphatic carbocycles. The molecule has 3 N–H and O–H groups in total. The smallest absolute Gasteiger partial charge is 0.165 e. The Kier molecular flexibility index (Phi) is 4.77. The molecule has 4 aromatic rings. The highest BCUT2D eigenvalue weighted by molar-refractivity contribution is 5.91. The summed E-state index contributed by atoms with van der Waals surface area (Å²) in [5.41, 5.74) is 2.82. The maximum absolute atomic E-state index is 13.7. The Morgan fingerprint density at radius 3 is 2.67 bits per heavy atom. The van der Waals surface area contributed by atoms with Gasteiger partial charge in [0, 0.05) is 18.0 Å². The Hall–Kier alpha value is -3.51. The first kappa shape index (κ1) is 18.5. The zero-order valence-corrected chi connectivity index (χ0v) is 16.3. The first-order chi connectivity index (χ1) is 14.7. The minimum absolute atomic E-state index is 0.0823. The number of halogens is 1. The fourth-order valence-corrected chi connectivity index (χ4v) is 3.84. The normalized spacial score (nSPS) is 16.1. The average Bonchev–Trinajstić information content (AvgIpc) is 3.27. The van der Waals surface area contributed by atoms with E-state index >= 15 is 0 Å².